The first-order valence-electron chi connectivity index (χ1n) is 4.32. The standard InChI is InChI=1S/C9H9NO4S2/c1-15-9-10-7-4-3-6(5-8(7)13-9)14-16(2,11)12/h3-5H,1-2H3. The van der Waals surface area contributed by atoms with Crippen LogP contribution >= 0.6 is 11.8 Å². The summed E-state index contributed by atoms with van der Waals surface area (Å²) >= 11 is 1.38. The smallest absolute Gasteiger partial charge is 0.306 e. The highest BCUT2D eigenvalue weighted by atomic mass is 32.2. The van der Waals surface area contributed by atoms with Crippen molar-refractivity contribution in [3.05, 3.63) is 18.2 Å². The summed E-state index contributed by atoms with van der Waals surface area (Å²) in [7, 11) is -3.51. The highest BCUT2D eigenvalue weighted by Crippen LogP contribution is 2.25. The van der Waals surface area contributed by atoms with Crippen molar-refractivity contribution in [2.45, 2.75) is 5.22 Å². The van der Waals surface area contributed by atoms with Crippen LogP contribution in [0, 0.1) is 0 Å². The molecule has 86 valence electrons. The summed E-state index contributed by atoms with van der Waals surface area (Å²) in [6.45, 7) is 0. The van der Waals surface area contributed by atoms with E-state index < -0.39 is 10.1 Å². The molecule has 2 aromatic rings. The Kier molecular flexibility index (Phi) is 2.81. The van der Waals surface area contributed by atoms with Gasteiger partial charge in [-0.3, -0.25) is 0 Å². The number of fused-ring (bicyclic) bond motifs is 1. The SMILES string of the molecule is CSc1nc2ccc(OS(C)(=O)=O)cc2o1. The number of thioether (sulfide) groups is 1. The first-order chi connectivity index (χ1) is 7.48. The van der Waals surface area contributed by atoms with Crippen LogP contribution < -0.4 is 4.18 Å². The molecule has 7 heteroatoms. The van der Waals surface area contributed by atoms with Crippen LogP contribution in [0.1, 0.15) is 0 Å². The van der Waals surface area contributed by atoms with Crippen LogP contribution in [0.25, 0.3) is 11.1 Å². The summed E-state index contributed by atoms with van der Waals surface area (Å²) in [5, 5.41) is 0.534. The minimum absolute atomic E-state index is 0.221. The molecule has 0 amide bonds. The van der Waals surface area contributed by atoms with Gasteiger partial charge in [-0.05, 0) is 18.4 Å². The Bertz CT molecular complexity index is 617. The van der Waals surface area contributed by atoms with Gasteiger partial charge in [0.1, 0.15) is 11.3 Å². The number of oxazole rings is 1. The molecule has 0 N–H and O–H groups in total. The zero-order chi connectivity index (χ0) is 11.8. The molecular formula is C9H9NO4S2. The quantitative estimate of drug-likeness (QED) is 0.619. The van der Waals surface area contributed by atoms with E-state index >= 15 is 0 Å². The van der Waals surface area contributed by atoms with Gasteiger partial charge in [0, 0.05) is 6.07 Å². The molecule has 1 aromatic carbocycles. The van der Waals surface area contributed by atoms with Crippen molar-refractivity contribution >= 4 is 33.0 Å². The summed E-state index contributed by atoms with van der Waals surface area (Å²) in [6, 6.07) is 4.69. The highest BCUT2D eigenvalue weighted by Gasteiger charge is 2.09. The highest BCUT2D eigenvalue weighted by molar-refractivity contribution is 7.98. The monoisotopic (exact) mass is 259 g/mol. The van der Waals surface area contributed by atoms with Crippen LogP contribution in [0.4, 0.5) is 0 Å². The number of rotatable bonds is 3. The molecule has 0 spiro atoms. The minimum Gasteiger partial charge on any atom is -0.431 e. The van der Waals surface area contributed by atoms with Crippen LogP contribution in [-0.2, 0) is 10.1 Å². The summed E-state index contributed by atoms with van der Waals surface area (Å²) in [4.78, 5) is 4.16. The third kappa shape index (κ3) is 2.48. The van der Waals surface area contributed by atoms with E-state index in [2.05, 4.69) is 4.98 Å². The summed E-state index contributed by atoms with van der Waals surface area (Å²) in [5.74, 6) is 0.221. The fourth-order valence-corrected chi connectivity index (χ4v) is 2.01. The van der Waals surface area contributed by atoms with Crippen LogP contribution in [-0.4, -0.2) is 25.9 Å². The number of nitrogens with zero attached hydrogens (tertiary/aromatic N) is 1. The lowest BCUT2D eigenvalue weighted by molar-refractivity contribution is 0.483. The van der Waals surface area contributed by atoms with Crippen LogP contribution in [0.15, 0.2) is 27.8 Å². The molecule has 0 radical (unpaired) electrons. The van der Waals surface area contributed by atoms with E-state index in [1.54, 1.807) is 6.07 Å². The lowest BCUT2D eigenvalue weighted by atomic mass is 10.3. The first kappa shape index (κ1) is 11.3. The van der Waals surface area contributed by atoms with Gasteiger partial charge in [-0.2, -0.15) is 8.42 Å². The Morgan fingerprint density at radius 1 is 1.44 bits per heavy atom. The largest absolute Gasteiger partial charge is 0.431 e. The van der Waals surface area contributed by atoms with Gasteiger partial charge in [0.05, 0.1) is 6.26 Å². The zero-order valence-electron chi connectivity index (χ0n) is 8.63. The van der Waals surface area contributed by atoms with Crippen molar-refractivity contribution in [1.82, 2.24) is 4.98 Å². The lowest BCUT2D eigenvalue weighted by Gasteiger charge is -2.00. The molecule has 5 nitrogen and oxygen atoms in total. The number of benzene rings is 1. The maximum atomic E-state index is 10.9. The summed E-state index contributed by atoms with van der Waals surface area (Å²) < 4.78 is 31.9. The van der Waals surface area contributed by atoms with E-state index in [0.717, 1.165) is 6.26 Å². The second-order valence-electron chi connectivity index (χ2n) is 3.10. The van der Waals surface area contributed by atoms with Crippen molar-refractivity contribution in [1.29, 1.82) is 0 Å². The maximum absolute atomic E-state index is 10.9. The Labute approximate surface area is 96.9 Å². The number of aromatic nitrogens is 1. The molecule has 1 aromatic heterocycles. The van der Waals surface area contributed by atoms with Crippen molar-refractivity contribution < 1.29 is 17.0 Å². The van der Waals surface area contributed by atoms with E-state index in [1.807, 2.05) is 6.26 Å². The van der Waals surface area contributed by atoms with Crippen molar-refractivity contribution in [3.8, 4) is 5.75 Å². The van der Waals surface area contributed by atoms with Gasteiger partial charge in [-0.15, -0.1) is 0 Å². The van der Waals surface area contributed by atoms with E-state index in [-0.39, 0.29) is 5.75 Å². The molecule has 0 saturated heterocycles. The average Bonchev–Trinajstić information content (AvgIpc) is 2.57. The van der Waals surface area contributed by atoms with E-state index in [1.165, 1.54) is 23.9 Å². The minimum atomic E-state index is -3.51. The Morgan fingerprint density at radius 2 is 2.19 bits per heavy atom. The van der Waals surface area contributed by atoms with Gasteiger partial charge in [-0.1, -0.05) is 11.8 Å². The molecule has 0 unspecified atom stereocenters. The fraction of sp³-hybridized carbons (Fsp3) is 0.222. The first-order valence-corrected chi connectivity index (χ1v) is 7.36. The van der Waals surface area contributed by atoms with Crippen molar-refractivity contribution in [2.24, 2.45) is 0 Å². The molecule has 0 aliphatic heterocycles. The Balaban J connectivity index is 2.43. The van der Waals surface area contributed by atoms with Gasteiger partial charge in [0.15, 0.2) is 5.58 Å². The third-order valence-electron chi connectivity index (χ3n) is 1.76. The number of hydrogen-bond donors (Lipinski definition) is 0. The van der Waals surface area contributed by atoms with E-state index in [9.17, 15) is 8.42 Å². The molecule has 0 bridgehead atoms. The molecule has 0 atom stereocenters. The molecular weight excluding hydrogens is 250 g/mol. The Hall–Kier alpha value is -1.21. The fourth-order valence-electron chi connectivity index (χ4n) is 1.20. The topological polar surface area (TPSA) is 69.4 Å². The molecule has 2 rings (SSSR count). The molecule has 0 saturated carbocycles. The maximum Gasteiger partial charge on any atom is 0.306 e. The van der Waals surface area contributed by atoms with Crippen LogP contribution in [0.5, 0.6) is 5.75 Å². The van der Waals surface area contributed by atoms with Gasteiger partial charge >= 0.3 is 10.1 Å². The lowest BCUT2D eigenvalue weighted by Crippen LogP contribution is -2.05. The second kappa shape index (κ2) is 3.99. The molecule has 0 aliphatic rings. The third-order valence-corrected chi connectivity index (χ3v) is 2.78. The predicted octanol–water partition coefficient (Wildman–Crippen LogP) is 1.89. The second-order valence-corrected chi connectivity index (χ2v) is 5.43. The van der Waals surface area contributed by atoms with Crippen LogP contribution in [0.3, 0.4) is 0 Å². The van der Waals surface area contributed by atoms with Gasteiger partial charge in [0.2, 0.25) is 0 Å². The van der Waals surface area contributed by atoms with Crippen molar-refractivity contribution in [2.75, 3.05) is 12.5 Å². The molecule has 1 heterocycles. The number of hydrogen-bond acceptors (Lipinski definition) is 6. The molecule has 16 heavy (non-hydrogen) atoms. The Morgan fingerprint density at radius 3 is 2.81 bits per heavy atom. The van der Waals surface area contributed by atoms with Crippen molar-refractivity contribution in [3.63, 3.8) is 0 Å². The van der Waals surface area contributed by atoms with Crippen LogP contribution in [0.2, 0.25) is 0 Å². The van der Waals surface area contributed by atoms with Gasteiger partial charge < -0.3 is 8.60 Å². The summed E-state index contributed by atoms with van der Waals surface area (Å²) in [6.07, 6.45) is 2.84. The molecule has 0 aliphatic carbocycles. The van der Waals surface area contributed by atoms with E-state index in [0.29, 0.717) is 16.3 Å². The average molecular weight is 259 g/mol. The van der Waals surface area contributed by atoms with Gasteiger partial charge in [0.25, 0.3) is 5.22 Å². The summed E-state index contributed by atoms with van der Waals surface area (Å²) in [5.41, 5.74) is 1.18. The molecule has 0 fully saturated rings. The van der Waals surface area contributed by atoms with Gasteiger partial charge in [-0.25, -0.2) is 4.98 Å². The van der Waals surface area contributed by atoms with E-state index in [4.69, 9.17) is 8.60 Å². The normalized spacial score (nSPS) is 11.9. The predicted molar refractivity (Wildman–Crippen MR) is 61.3 cm³/mol. The zero-order valence-corrected chi connectivity index (χ0v) is 10.3.